The van der Waals surface area contributed by atoms with Gasteiger partial charge >= 0.3 is 0 Å². The van der Waals surface area contributed by atoms with Crippen LogP contribution in [0.25, 0.3) is 5.57 Å². The van der Waals surface area contributed by atoms with Crippen LogP contribution in [-0.2, 0) is 4.79 Å². The van der Waals surface area contributed by atoms with Crippen LogP contribution in [0.5, 0.6) is 0 Å². The van der Waals surface area contributed by atoms with Gasteiger partial charge in [0.05, 0.1) is 18.0 Å². The molecule has 0 saturated heterocycles. The Morgan fingerprint density at radius 1 is 1.23 bits per heavy atom. The minimum Gasteiger partial charge on any atom is -0.324 e. The molecule has 0 radical (unpaired) electrons. The van der Waals surface area contributed by atoms with Crippen molar-refractivity contribution < 1.29 is 14.6 Å². The van der Waals surface area contributed by atoms with Gasteiger partial charge in [-0.3, -0.25) is 14.9 Å². The second-order valence-corrected chi connectivity index (χ2v) is 6.63. The van der Waals surface area contributed by atoms with E-state index in [4.69, 9.17) is 11.6 Å². The fourth-order valence-electron chi connectivity index (χ4n) is 3.04. The number of benzene rings is 2. The molecule has 2 aromatic rings. The predicted octanol–water partition coefficient (Wildman–Crippen LogP) is 2.56. The van der Waals surface area contributed by atoms with Crippen LogP contribution >= 0.6 is 11.6 Å². The molecule has 1 unspecified atom stereocenters. The molecule has 6 nitrogen and oxygen atoms in total. The van der Waals surface area contributed by atoms with Gasteiger partial charge in [0.2, 0.25) is 0 Å². The van der Waals surface area contributed by atoms with Crippen LogP contribution < -0.4 is 10.2 Å². The van der Waals surface area contributed by atoms with E-state index in [1.807, 2.05) is 18.2 Å². The first-order valence-corrected chi connectivity index (χ1v) is 8.72. The number of anilines is 1. The van der Waals surface area contributed by atoms with Gasteiger partial charge in [0.25, 0.3) is 11.6 Å². The number of rotatable bonds is 5. The van der Waals surface area contributed by atoms with Gasteiger partial charge in [-0.25, -0.2) is 0 Å². The van der Waals surface area contributed by atoms with E-state index in [1.165, 1.54) is 29.3 Å². The summed E-state index contributed by atoms with van der Waals surface area (Å²) in [5.74, 6) is -0.248. The molecule has 2 N–H and O–H groups in total. The van der Waals surface area contributed by atoms with Crippen molar-refractivity contribution in [1.82, 2.24) is 0 Å². The van der Waals surface area contributed by atoms with E-state index in [-0.39, 0.29) is 28.8 Å². The van der Waals surface area contributed by atoms with Crippen LogP contribution in [0.1, 0.15) is 12.0 Å². The minimum atomic E-state index is -0.551. The van der Waals surface area contributed by atoms with E-state index < -0.39 is 4.92 Å². The monoisotopic (exact) mass is 372 g/mol. The minimum absolute atomic E-state index is 0.168. The second kappa shape index (κ2) is 8.12. The lowest BCUT2D eigenvalue weighted by atomic mass is 10.00. The Kier molecular flexibility index (Phi) is 5.65. The number of amides is 1. The molecule has 134 valence electrons. The van der Waals surface area contributed by atoms with Crippen LogP contribution in [0.15, 0.2) is 54.6 Å². The maximum Gasteiger partial charge on any atom is 0.294 e. The number of nitrogens with zero attached hydrogens (tertiary/aromatic N) is 1. The number of carbonyl (C=O) groups excluding carboxylic acids is 1. The highest BCUT2D eigenvalue weighted by Crippen LogP contribution is 2.27. The summed E-state index contributed by atoms with van der Waals surface area (Å²) in [5, 5.41) is 14.0. The van der Waals surface area contributed by atoms with Crippen molar-refractivity contribution in [2.24, 2.45) is 0 Å². The summed E-state index contributed by atoms with van der Waals surface area (Å²) >= 11 is 5.79. The molecular weight excluding hydrogens is 354 g/mol. The smallest absolute Gasteiger partial charge is 0.294 e. The number of quaternary nitrogens is 1. The summed E-state index contributed by atoms with van der Waals surface area (Å²) < 4.78 is 0. The molecule has 0 saturated carbocycles. The first-order chi connectivity index (χ1) is 12.5. The zero-order valence-corrected chi connectivity index (χ0v) is 14.8. The molecule has 7 heteroatoms. The number of nitro benzene ring substituents is 1. The van der Waals surface area contributed by atoms with Gasteiger partial charge in [0.15, 0.2) is 6.54 Å². The summed E-state index contributed by atoms with van der Waals surface area (Å²) in [6, 6.07) is 14.4. The van der Waals surface area contributed by atoms with Gasteiger partial charge in [-0.2, -0.15) is 0 Å². The van der Waals surface area contributed by atoms with Crippen LogP contribution in [0.2, 0.25) is 5.02 Å². The largest absolute Gasteiger partial charge is 0.324 e. The van der Waals surface area contributed by atoms with Crippen LogP contribution in [-0.4, -0.2) is 30.5 Å². The van der Waals surface area contributed by atoms with E-state index in [0.717, 1.165) is 24.4 Å². The Morgan fingerprint density at radius 3 is 2.65 bits per heavy atom. The molecule has 3 rings (SSSR count). The van der Waals surface area contributed by atoms with Gasteiger partial charge in [-0.05, 0) is 29.3 Å². The molecule has 2 aromatic carbocycles. The van der Waals surface area contributed by atoms with Crippen LogP contribution in [0.4, 0.5) is 11.4 Å². The van der Waals surface area contributed by atoms with E-state index in [1.54, 1.807) is 0 Å². The molecule has 1 amide bonds. The van der Waals surface area contributed by atoms with Crippen LogP contribution in [0, 0.1) is 10.1 Å². The molecular formula is C19H19ClN3O3+. The third kappa shape index (κ3) is 4.47. The SMILES string of the molecule is O=C(C[NH+]1CC=C(c2ccccc2)CC1)Nc1ccc(Cl)cc1[N+](=O)[O-]. The normalized spacial score (nSPS) is 16.7. The summed E-state index contributed by atoms with van der Waals surface area (Å²) in [7, 11) is 0. The van der Waals surface area contributed by atoms with Crippen molar-refractivity contribution in [2.75, 3.05) is 25.0 Å². The molecule has 1 heterocycles. The first-order valence-electron chi connectivity index (χ1n) is 8.35. The highest BCUT2D eigenvalue weighted by atomic mass is 35.5. The molecule has 0 fully saturated rings. The first kappa shape index (κ1) is 18.1. The fraction of sp³-hybridized carbons (Fsp3) is 0.211. The van der Waals surface area contributed by atoms with Gasteiger partial charge in [-0.1, -0.05) is 41.9 Å². The summed E-state index contributed by atoms with van der Waals surface area (Å²) in [6.45, 7) is 1.86. The second-order valence-electron chi connectivity index (χ2n) is 6.19. The van der Waals surface area contributed by atoms with Crippen molar-refractivity contribution >= 4 is 34.5 Å². The fourth-order valence-corrected chi connectivity index (χ4v) is 3.21. The highest BCUT2D eigenvalue weighted by molar-refractivity contribution is 6.31. The van der Waals surface area contributed by atoms with Gasteiger partial charge < -0.3 is 10.2 Å². The standard InChI is InChI=1S/C19H18ClN3O3/c20-16-6-7-17(18(12-16)23(25)26)21-19(24)13-22-10-8-15(9-11-22)14-4-2-1-3-5-14/h1-8,12H,9-11,13H2,(H,21,24)/p+1. The zero-order chi connectivity index (χ0) is 18.5. The molecule has 1 aliphatic heterocycles. The Balaban J connectivity index is 1.60. The summed E-state index contributed by atoms with van der Waals surface area (Å²) in [4.78, 5) is 24.0. The molecule has 0 aromatic heterocycles. The number of nitrogens with one attached hydrogen (secondary N) is 2. The number of carbonyl (C=O) groups is 1. The van der Waals surface area contributed by atoms with E-state index in [9.17, 15) is 14.9 Å². The number of nitro groups is 1. The van der Waals surface area contributed by atoms with Crippen molar-refractivity contribution in [2.45, 2.75) is 6.42 Å². The summed E-state index contributed by atoms with van der Waals surface area (Å²) in [5.41, 5.74) is 2.47. The highest BCUT2D eigenvalue weighted by Gasteiger charge is 2.21. The maximum absolute atomic E-state index is 12.3. The van der Waals surface area contributed by atoms with Gasteiger partial charge in [-0.15, -0.1) is 0 Å². The van der Waals surface area contributed by atoms with Crippen molar-refractivity contribution in [3.8, 4) is 0 Å². The lowest BCUT2D eigenvalue weighted by Crippen LogP contribution is -3.13. The molecule has 0 spiro atoms. The van der Waals surface area contributed by atoms with Gasteiger partial charge in [0.1, 0.15) is 5.69 Å². The van der Waals surface area contributed by atoms with E-state index in [2.05, 4.69) is 23.5 Å². The number of hydrogen-bond acceptors (Lipinski definition) is 3. The maximum atomic E-state index is 12.3. The zero-order valence-electron chi connectivity index (χ0n) is 14.1. The average molecular weight is 373 g/mol. The lowest BCUT2D eigenvalue weighted by Gasteiger charge is -2.23. The number of hydrogen-bond donors (Lipinski definition) is 2. The van der Waals surface area contributed by atoms with Crippen LogP contribution in [0.3, 0.4) is 0 Å². The molecule has 1 aliphatic rings. The Morgan fingerprint density at radius 2 is 2.00 bits per heavy atom. The van der Waals surface area contributed by atoms with Gasteiger partial charge in [0, 0.05) is 17.5 Å². The van der Waals surface area contributed by atoms with Crippen molar-refractivity contribution in [1.29, 1.82) is 0 Å². The topological polar surface area (TPSA) is 76.7 Å². The molecule has 1 atom stereocenters. The molecule has 0 bridgehead atoms. The summed E-state index contributed by atoms with van der Waals surface area (Å²) in [6.07, 6.45) is 3.06. The van der Waals surface area contributed by atoms with Crippen molar-refractivity contribution in [3.63, 3.8) is 0 Å². The third-order valence-corrected chi connectivity index (χ3v) is 4.61. The molecule has 26 heavy (non-hydrogen) atoms. The van der Waals surface area contributed by atoms with Crippen molar-refractivity contribution in [3.05, 3.63) is 75.3 Å². The Labute approximate surface area is 156 Å². The average Bonchev–Trinajstić information content (AvgIpc) is 2.64. The molecule has 0 aliphatic carbocycles. The Hall–Kier alpha value is -2.70. The van der Waals surface area contributed by atoms with E-state index in [0.29, 0.717) is 0 Å². The quantitative estimate of drug-likeness (QED) is 0.625. The van der Waals surface area contributed by atoms with E-state index >= 15 is 0 Å². The third-order valence-electron chi connectivity index (χ3n) is 4.37. The lowest BCUT2D eigenvalue weighted by molar-refractivity contribution is -0.886. The Bertz CT molecular complexity index is 852. The predicted molar refractivity (Wildman–Crippen MR) is 101 cm³/mol. The number of halogens is 1.